The van der Waals surface area contributed by atoms with Crippen LogP contribution in [0.4, 0.5) is 15.8 Å². The molecule has 1 rings (SSSR count). The summed E-state index contributed by atoms with van der Waals surface area (Å²) in [6.07, 6.45) is 1.03. The van der Waals surface area contributed by atoms with E-state index in [0.29, 0.717) is 5.69 Å². The molecule has 4 heteroatoms. The first-order valence-electron chi connectivity index (χ1n) is 5.03. The molecule has 0 aromatic heterocycles. The van der Waals surface area contributed by atoms with Crippen molar-refractivity contribution < 1.29 is 4.39 Å². The van der Waals surface area contributed by atoms with Crippen molar-refractivity contribution in [3.05, 3.63) is 24.0 Å². The lowest BCUT2D eigenvalue weighted by molar-refractivity contribution is 0.405. The molecule has 0 spiro atoms. The number of anilines is 2. The third-order valence-electron chi connectivity index (χ3n) is 2.11. The molecule has 0 aliphatic carbocycles. The van der Waals surface area contributed by atoms with E-state index in [1.165, 1.54) is 12.1 Å². The Hall–Kier alpha value is -1.29. The van der Waals surface area contributed by atoms with E-state index in [-0.39, 0.29) is 5.82 Å². The van der Waals surface area contributed by atoms with Crippen LogP contribution >= 0.6 is 0 Å². The molecule has 0 atom stereocenters. The van der Waals surface area contributed by atoms with E-state index < -0.39 is 0 Å². The monoisotopic (exact) mass is 211 g/mol. The lowest BCUT2D eigenvalue weighted by Crippen LogP contribution is -2.16. The van der Waals surface area contributed by atoms with Crippen molar-refractivity contribution in [1.29, 1.82) is 0 Å². The van der Waals surface area contributed by atoms with Gasteiger partial charge in [-0.2, -0.15) is 0 Å². The fourth-order valence-corrected chi connectivity index (χ4v) is 1.31. The molecule has 0 heterocycles. The number of nitrogen functional groups attached to an aromatic ring is 1. The van der Waals surface area contributed by atoms with Gasteiger partial charge in [0.2, 0.25) is 0 Å². The highest BCUT2D eigenvalue weighted by Crippen LogP contribution is 2.18. The Morgan fingerprint density at radius 3 is 2.73 bits per heavy atom. The van der Waals surface area contributed by atoms with Gasteiger partial charge >= 0.3 is 0 Å². The Morgan fingerprint density at radius 1 is 1.40 bits per heavy atom. The Morgan fingerprint density at radius 2 is 2.13 bits per heavy atom. The molecule has 0 bridgehead atoms. The van der Waals surface area contributed by atoms with Crippen LogP contribution < -0.4 is 11.1 Å². The summed E-state index contributed by atoms with van der Waals surface area (Å²) in [5.74, 6) is -0.300. The number of halogens is 1. The number of nitrogens with one attached hydrogen (secondary N) is 1. The second-order valence-corrected chi connectivity index (χ2v) is 3.82. The predicted octanol–water partition coefficient (Wildman–Crippen LogP) is 1.77. The van der Waals surface area contributed by atoms with E-state index in [1.807, 2.05) is 14.1 Å². The Balaban J connectivity index is 2.37. The van der Waals surface area contributed by atoms with Gasteiger partial charge in [0.15, 0.2) is 0 Å². The van der Waals surface area contributed by atoms with E-state index in [0.717, 1.165) is 25.2 Å². The second-order valence-electron chi connectivity index (χ2n) is 3.82. The topological polar surface area (TPSA) is 41.3 Å². The Kier molecular flexibility index (Phi) is 4.37. The van der Waals surface area contributed by atoms with Crippen molar-refractivity contribution in [2.45, 2.75) is 6.42 Å². The van der Waals surface area contributed by atoms with Crippen LogP contribution in [0.5, 0.6) is 0 Å². The molecule has 3 N–H and O–H groups in total. The fraction of sp³-hybridized carbons (Fsp3) is 0.455. The number of hydrogen-bond acceptors (Lipinski definition) is 3. The SMILES string of the molecule is CN(C)CCCNc1ccc(F)cc1N. The summed E-state index contributed by atoms with van der Waals surface area (Å²) >= 11 is 0. The molecule has 0 unspecified atom stereocenters. The summed E-state index contributed by atoms with van der Waals surface area (Å²) in [5.41, 5.74) is 6.91. The standard InChI is InChI=1S/C11H18FN3/c1-15(2)7-3-6-14-11-5-4-9(12)8-10(11)13/h4-5,8,14H,3,6-7,13H2,1-2H3. The van der Waals surface area contributed by atoms with Gasteiger partial charge in [-0.25, -0.2) is 4.39 Å². The molecular formula is C11H18FN3. The van der Waals surface area contributed by atoms with Crippen LogP contribution in [0.1, 0.15) is 6.42 Å². The minimum atomic E-state index is -0.300. The molecule has 0 amide bonds. The van der Waals surface area contributed by atoms with Crippen LogP contribution in [-0.2, 0) is 0 Å². The molecule has 0 aliphatic heterocycles. The molecule has 15 heavy (non-hydrogen) atoms. The predicted molar refractivity (Wildman–Crippen MR) is 62.5 cm³/mol. The molecule has 84 valence electrons. The zero-order valence-corrected chi connectivity index (χ0v) is 9.26. The maximum atomic E-state index is 12.7. The largest absolute Gasteiger partial charge is 0.397 e. The van der Waals surface area contributed by atoms with Crippen molar-refractivity contribution in [3.63, 3.8) is 0 Å². The van der Waals surface area contributed by atoms with E-state index in [2.05, 4.69) is 10.2 Å². The first-order chi connectivity index (χ1) is 7.09. The number of nitrogens with two attached hydrogens (primary N) is 1. The van der Waals surface area contributed by atoms with Crippen molar-refractivity contribution in [3.8, 4) is 0 Å². The fourth-order valence-electron chi connectivity index (χ4n) is 1.31. The van der Waals surface area contributed by atoms with Crippen LogP contribution in [0.2, 0.25) is 0 Å². The van der Waals surface area contributed by atoms with Gasteiger partial charge in [0, 0.05) is 6.54 Å². The summed E-state index contributed by atoms with van der Waals surface area (Å²) < 4.78 is 12.7. The maximum Gasteiger partial charge on any atom is 0.125 e. The van der Waals surface area contributed by atoms with Crippen molar-refractivity contribution in [1.82, 2.24) is 4.90 Å². The molecule has 0 radical (unpaired) electrons. The molecule has 0 aliphatic rings. The first-order valence-corrected chi connectivity index (χ1v) is 5.03. The molecule has 1 aromatic carbocycles. The van der Waals surface area contributed by atoms with E-state index in [9.17, 15) is 4.39 Å². The Labute approximate surface area is 90.1 Å². The van der Waals surface area contributed by atoms with Gasteiger partial charge in [0.25, 0.3) is 0 Å². The highest BCUT2D eigenvalue weighted by Gasteiger charge is 1.99. The summed E-state index contributed by atoms with van der Waals surface area (Å²) in [4.78, 5) is 2.12. The number of rotatable bonds is 5. The third-order valence-corrected chi connectivity index (χ3v) is 2.11. The quantitative estimate of drug-likeness (QED) is 0.576. The normalized spacial score (nSPS) is 10.7. The van der Waals surface area contributed by atoms with Gasteiger partial charge in [-0.05, 0) is 45.3 Å². The molecule has 0 fully saturated rings. The Bertz CT molecular complexity index is 313. The number of benzene rings is 1. The average Bonchev–Trinajstić information content (AvgIpc) is 2.14. The van der Waals surface area contributed by atoms with Crippen LogP contribution in [-0.4, -0.2) is 32.1 Å². The van der Waals surface area contributed by atoms with Gasteiger partial charge in [0.1, 0.15) is 5.82 Å². The van der Waals surface area contributed by atoms with Gasteiger partial charge in [-0.3, -0.25) is 0 Å². The average molecular weight is 211 g/mol. The zero-order chi connectivity index (χ0) is 11.3. The minimum absolute atomic E-state index is 0.300. The molecule has 0 saturated heterocycles. The summed E-state index contributed by atoms with van der Waals surface area (Å²) in [7, 11) is 4.07. The van der Waals surface area contributed by atoms with E-state index >= 15 is 0 Å². The highest BCUT2D eigenvalue weighted by molar-refractivity contribution is 5.65. The van der Waals surface area contributed by atoms with Gasteiger partial charge in [-0.1, -0.05) is 0 Å². The van der Waals surface area contributed by atoms with Crippen LogP contribution in [0.25, 0.3) is 0 Å². The van der Waals surface area contributed by atoms with Crippen molar-refractivity contribution in [2.75, 3.05) is 38.2 Å². The molecule has 1 aromatic rings. The summed E-state index contributed by atoms with van der Waals surface area (Å²) in [6.45, 7) is 1.86. The third kappa shape index (κ3) is 4.16. The van der Waals surface area contributed by atoms with Crippen molar-refractivity contribution in [2.24, 2.45) is 0 Å². The smallest absolute Gasteiger partial charge is 0.125 e. The summed E-state index contributed by atoms with van der Waals surface area (Å²) in [6, 6.07) is 4.40. The lowest BCUT2D eigenvalue weighted by Gasteiger charge is -2.11. The van der Waals surface area contributed by atoms with Crippen LogP contribution in [0.3, 0.4) is 0 Å². The van der Waals surface area contributed by atoms with Crippen molar-refractivity contribution >= 4 is 11.4 Å². The van der Waals surface area contributed by atoms with Crippen LogP contribution in [0, 0.1) is 5.82 Å². The van der Waals surface area contributed by atoms with Gasteiger partial charge in [-0.15, -0.1) is 0 Å². The van der Waals surface area contributed by atoms with E-state index in [1.54, 1.807) is 6.07 Å². The number of nitrogens with zero attached hydrogens (tertiary/aromatic N) is 1. The first kappa shape index (κ1) is 11.8. The zero-order valence-electron chi connectivity index (χ0n) is 9.26. The maximum absolute atomic E-state index is 12.7. The number of hydrogen-bond donors (Lipinski definition) is 2. The molecule has 3 nitrogen and oxygen atoms in total. The minimum Gasteiger partial charge on any atom is -0.397 e. The van der Waals surface area contributed by atoms with Crippen LogP contribution in [0.15, 0.2) is 18.2 Å². The van der Waals surface area contributed by atoms with Gasteiger partial charge < -0.3 is 16.0 Å². The van der Waals surface area contributed by atoms with Gasteiger partial charge in [0.05, 0.1) is 11.4 Å². The second kappa shape index (κ2) is 5.56. The highest BCUT2D eigenvalue weighted by atomic mass is 19.1. The van der Waals surface area contributed by atoms with E-state index in [4.69, 9.17) is 5.73 Å². The molecular weight excluding hydrogens is 193 g/mol. The lowest BCUT2D eigenvalue weighted by atomic mass is 10.2. The molecule has 0 saturated carbocycles. The summed E-state index contributed by atoms with van der Waals surface area (Å²) in [5, 5.41) is 3.18.